The van der Waals surface area contributed by atoms with Crippen LogP contribution >= 0.6 is 0 Å². The molecule has 1 fully saturated rings. The number of carbonyl (C=O) groups is 1. The number of hydrogen-bond acceptors (Lipinski definition) is 6. The monoisotopic (exact) mass is 339 g/mol. The normalized spacial score (nSPS) is 16.9. The number of amides is 1. The third kappa shape index (κ3) is 3.46. The third-order valence-electron chi connectivity index (χ3n) is 4.09. The molecule has 128 valence electrons. The van der Waals surface area contributed by atoms with Gasteiger partial charge in [0.25, 0.3) is 5.89 Å². The number of rotatable bonds is 5. The quantitative estimate of drug-likeness (QED) is 0.769. The lowest BCUT2D eigenvalue weighted by atomic mass is 10.1. The van der Waals surface area contributed by atoms with Gasteiger partial charge in [0.15, 0.2) is 0 Å². The fourth-order valence-corrected chi connectivity index (χ4v) is 2.77. The summed E-state index contributed by atoms with van der Waals surface area (Å²) < 4.78 is 16.2. The van der Waals surface area contributed by atoms with Gasteiger partial charge in [-0.3, -0.25) is 4.79 Å². The van der Waals surface area contributed by atoms with Crippen LogP contribution in [0.2, 0.25) is 0 Å². The lowest BCUT2D eigenvalue weighted by molar-refractivity contribution is 0.0990. The van der Waals surface area contributed by atoms with Crippen molar-refractivity contribution in [2.75, 3.05) is 25.1 Å². The Morgan fingerprint density at radius 1 is 1.28 bits per heavy atom. The molecule has 2 aromatic heterocycles. The van der Waals surface area contributed by atoms with E-state index in [1.807, 2.05) is 18.2 Å². The zero-order chi connectivity index (χ0) is 17.1. The van der Waals surface area contributed by atoms with Gasteiger partial charge in [0, 0.05) is 29.8 Å². The maximum Gasteiger partial charge on any atom is 0.311 e. The van der Waals surface area contributed by atoms with Crippen molar-refractivity contribution in [3.63, 3.8) is 0 Å². The molecule has 1 aliphatic rings. The van der Waals surface area contributed by atoms with E-state index < -0.39 is 5.91 Å². The van der Waals surface area contributed by atoms with Crippen LogP contribution in [0.3, 0.4) is 0 Å². The Hall–Kier alpha value is -2.93. The van der Waals surface area contributed by atoms with Crippen LogP contribution in [-0.2, 0) is 4.74 Å². The van der Waals surface area contributed by atoms with Gasteiger partial charge >= 0.3 is 5.91 Å². The molecule has 0 bridgehead atoms. The zero-order valence-electron chi connectivity index (χ0n) is 13.5. The number of oxazole rings is 1. The van der Waals surface area contributed by atoms with Crippen LogP contribution in [-0.4, -0.2) is 35.7 Å². The Morgan fingerprint density at radius 3 is 3.04 bits per heavy atom. The highest BCUT2D eigenvalue weighted by molar-refractivity contribution is 6.02. The molecule has 1 unspecified atom stereocenters. The lowest BCUT2D eigenvalue weighted by Gasteiger charge is -2.12. The van der Waals surface area contributed by atoms with Gasteiger partial charge in [-0.15, -0.1) is 0 Å². The minimum absolute atomic E-state index is 0.0256. The number of anilines is 1. The van der Waals surface area contributed by atoms with E-state index in [0.717, 1.165) is 30.4 Å². The molecule has 1 aromatic carbocycles. The van der Waals surface area contributed by atoms with Crippen molar-refractivity contribution in [2.45, 2.75) is 6.42 Å². The average molecular weight is 339 g/mol. The van der Waals surface area contributed by atoms with Crippen molar-refractivity contribution in [3.8, 4) is 5.88 Å². The van der Waals surface area contributed by atoms with E-state index in [1.54, 1.807) is 12.3 Å². The second-order valence-electron chi connectivity index (χ2n) is 5.88. The predicted octanol–water partition coefficient (Wildman–Crippen LogP) is 2.89. The van der Waals surface area contributed by atoms with Crippen molar-refractivity contribution in [1.82, 2.24) is 9.97 Å². The first-order valence-electron chi connectivity index (χ1n) is 8.10. The van der Waals surface area contributed by atoms with Gasteiger partial charge in [-0.2, -0.15) is 0 Å². The van der Waals surface area contributed by atoms with E-state index in [0.29, 0.717) is 24.1 Å². The number of nitrogens with one attached hydrogen (secondary N) is 1. The molecule has 0 saturated carbocycles. The fourth-order valence-electron chi connectivity index (χ4n) is 2.77. The molecule has 1 amide bonds. The molecule has 7 nitrogen and oxygen atoms in total. The Bertz CT molecular complexity index is 873. The highest BCUT2D eigenvalue weighted by Crippen LogP contribution is 2.27. The predicted molar refractivity (Wildman–Crippen MR) is 90.6 cm³/mol. The molecule has 0 aliphatic carbocycles. The number of fused-ring (bicyclic) bond motifs is 1. The highest BCUT2D eigenvalue weighted by atomic mass is 16.5. The first kappa shape index (κ1) is 15.6. The minimum Gasteiger partial charge on any atom is -0.477 e. The average Bonchev–Trinajstić information content (AvgIpc) is 3.33. The summed E-state index contributed by atoms with van der Waals surface area (Å²) in [6.07, 6.45) is 5.50. The lowest BCUT2D eigenvalue weighted by Crippen LogP contribution is -2.13. The van der Waals surface area contributed by atoms with E-state index in [2.05, 4.69) is 15.3 Å². The fraction of sp³-hybridized carbons (Fsp3) is 0.278. The summed E-state index contributed by atoms with van der Waals surface area (Å²) in [5, 5.41) is 4.59. The zero-order valence-corrected chi connectivity index (χ0v) is 13.5. The van der Waals surface area contributed by atoms with Gasteiger partial charge in [0.2, 0.25) is 5.88 Å². The Kier molecular flexibility index (Phi) is 4.30. The number of carbonyl (C=O) groups excluding carboxylic acids is 1. The maximum absolute atomic E-state index is 12.0. The second-order valence-corrected chi connectivity index (χ2v) is 5.88. The summed E-state index contributed by atoms with van der Waals surface area (Å²) in [6, 6.07) is 7.43. The van der Waals surface area contributed by atoms with Crippen LogP contribution in [0.5, 0.6) is 5.88 Å². The second kappa shape index (κ2) is 6.90. The largest absolute Gasteiger partial charge is 0.477 e. The Morgan fingerprint density at radius 2 is 2.24 bits per heavy atom. The van der Waals surface area contributed by atoms with E-state index in [9.17, 15) is 4.79 Å². The van der Waals surface area contributed by atoms with Gasteiger partial charge in [-0.25, -0.2) is 9.97 Å². The van der Waals surface area contributed by atoms with Gasteiger partial charge in [0.1, 0.15) is 6.26 Å². The molecule has 3 heterocycles. The topological polar surface area (TPSA) is 86.5 Å². The molecule has 1 aliphatic heterocycles. The van der Waals surface area contributed by atoms with E-state index in [-0.39, 0.29) is 5.89 Å². The van der Waals surface area contributed by atoms with E-state index >= 15 is 0 Å². The summed E-state index contributed by atoms with van der Waals surface area (Å²) >= 11 is 0. The third-order valence-corrected chi connectivity index (χ3v) is 4.09. The molecule has 1 atom stereocenters. The molecule has 1 saturated heterocycles. The van der Waals surface area contributed by atoms with Crippen molar-refractivity contribution >= 4 is 22.4 Å². The maximum atomic E-state index is 12.0. The van der Waals surface area contributed by atoms with Crippen molar-refractivity contribution in [2.24, 2.45) is 5.92 Å². The molecule has 7 heteroatoms. The first-order chi connectivity index (χ1) is 12.3. The Labute approximate surface area is 144 Å². The smallest absolute Gasteiger partial charge is 0.311 e. The van der Waals surface area contributed by atoms with Crippen LogP contribution in [0.1, 0.15) is 17.1 Å². The van der Waals surface area contributed by atoms with Crippen LogP contribution in [0.4, 0.5) is 5.69 Å². The summed E-state index contributed by atoms with van der Waals surface area (Å²) in [5.74, 6) is 0.639. The number of nitrogens with zero attached hydrogens (tertiary/aromatic N) is 2. The van der Waals surface area contributed by atoms with Crippen molar-refractivity contribution < 1.29 is 18.7 Å². The molecule has 3 aromatic rings. The SMILES string of the molecule is O=C(Nc1ccc2c(OCC3CCOC3)nccc2c1)c1ncco1. The van der Waals surface area contributed by atoms with Crippen LogP contribution in [0.15, 0.2) is 47.3 Å². The molecular formula is C18H17N3O4. The number of pyridine rings is 1. The number of aromatic nitrogens is 2. The molecule has 25 heavy (non-hydrogen) atoms. The van der Waals surface area contributed by atoms with E-state index in [1.165, 1.54) is 12.5 Å². The van der Waals surface area contributed by atoms with Gasteiger partial charge < -0.3 is 19.2 Å². The molecule has 1 N–H and O–H groups in total. The van der Waals surface area contributed by atoms with Gasteiger partial charge in [-0.1, -0.05) is 0 Å². The van der Waals surface area contributed by atoms with Crippen LogP contribution < -0.4 is 10.1 Å². The summed E-state index contributed by atoms with van der Waals surface area (Å²) in [7, 11) is 0. The van der Waals surface area contributed by atoms with Gasteiger partial charge in [-0.05, 0) is 36.1 Å². The van der Waals surface area contributed by atoms with Crippen LogP contribution in [0, 0.1) is 5.92 Å². The molecule has 4 rings (SSSR count). The number of ether oxygens (including phenoxy) is 2. The van der Waals surface area contributed by atoms with Crippen molar-refractivity contribution in [1.29, 1.82) is 0 Å². The van der Waals surface area contributed by atoms with Crippen molar-refractivity contribution in [3.05, 3.63) is 48.8 Å². The molecule has 0 radical (unpaired) electrons. The van der Waals surface area contributed by atoms with Crippen LogP contribution in [0.25, 0.3) is 10.8 Å². The molecule has 0 spiro atoms. The van der Waals surface area contributed by atoms with Gasteiger partial charge in [0.05, 0.1) is 19.4 Å². The number of benzene rings is 1. The summed E-state index contributed by atoms with van der Waals surface area (Å²) in [6.45, 7) is 2.13. The highest BCUT2D eigenvalue weighted by Gasteiger charge is 2.17. The minimum atomic E-state index is -0.392. The summed E-state index contributed by atoms with van der Waals surface area (Å²) in [5.41, 5.74) is 0.650. The molecular weight excluding hydrogens is 322 g/mol. The Balaban J connectivity index is 1.51. The number of hydrogen-bond donors (Lipinski definition) is 1. The summed E-state index contributed by atoms with van der Waals surface area (Å²) in [4.78, 5) is 20.2. The standard InChI is InChI=1S/C18H17N3O4/c22-16(18-20-6-8-24-18)21-14-1-2-15-13(9-14)3-5-19-17(15)25-11-12-4-7-23-10-12/h1-3,5-6,8-9,12H,4,7,10-11H2,(H,21,22). The first-order valence-corrected chi connectivity index (χ1v) is 8.10. The van der Waals surface area contributed by atoms with E-state index in [4.69, 9.17) is 13.9 Å².